The Morgan fingerprint density at radius 1 is 1.42 bits per heavy atom. The van der Waals surface area contributed by atoms with Crippen molar-refractivity contribution >= 4 is 35.2 Å². The number of anilines is 1. The predicted molar refractivity (Wildman–Crippen MR) is 67.4 cm³/mol. The van der Waals surface area contributed by atoms with Gasteiger partial charge >= 0.3 is 5.97 Å². The summed E-state index contributed by atoms with van der Waals surface area (Å²) in [6.45, 7) is 0. The molecule has 0 bridgehead atoms. The number of rotatable bonds is 4. The summed E-state index contributed by atoms with van der Waals surface area (Å²) in [5, 5.41) is 7.80. The molecule has 0 unspecified atom stereocenters. The Labute approximate surface area is 112 Å². The van der Waals surface area contributed by atoms with E-state index in [1.54, 1.807) is 0 Å². The Morgan fingerprint density at radius 3 is 2.74 bits per heavy atom. The van der Waals surface area contributed by atoms with Gasteiger partial charge in [-0.15, -0.1) is 11.8 Å². The minimum atomic E-state index is -1.06. The van der Waals surface area contributed by atoms with E-state index < -0.39 is 28.9 Å². The number of nitrogens with zero attached hydrogens (tertiary/aromatic N) is 1. The van der Waals surface area contributed by atoms with Crippen LogP contribution in [0.1, 0.15) is 6.42 Å². The van der Waals surface area contributed by atoms with E-state index in [-0.39, 0.29) is 17.9 Å². The monoisotopic (exact) mass is 283 g/mol. The van der Waals surface area contributed by atoms with Crippen molar-refractivity contribution in [3.8, 4) is 0 Å². The largest absolute Gasteiger partial charge is 0.481 e. The summed E-state index contributed by atoms with van der Waals surface area (Å²) < 4.78 is 13.6. The number of aliphatic carboxylic acids is 1. The third kappa shape index (κ3) is 2.76. The van der Waals surface area contributed by atoms with Gasteiger partial charge in [-0.25, -0.2) is 9.29 Å². The highest BCUT2D eigenvalue weighted by molar-refractivity contribution is 8.01. The standard InChI is InChI=1S/C12H10FNO4S/c13-7-3-1-2-4-8(7)14-10(15)5-9(12(14)18)19-6-11(16)17/h1-4,9H,5-6H2,(H,16,17)/t9-/m1/s1. The first kappa shape index (κ1) is 13.5. The lowest BCUT2D eigenvalue weighted by Gasteiger charge is -2.15. The highest BCUT2D eigenvalue weighted by atomic mass is 32.2. The topological polar surface area (TPSA) is 74.7 Å². The van der Waals surface area contributed by atoms with Gasteiger partial charge in [0.25, 0.3) is 0 Å². The first-order valence-electron chi connectivity index (χ1n) is 5.45. The molecule has 1 atom stereocenters. The number of halogens is 1. The number of hydrogen-bond donors (Lipinski definition) is 1. The molecule has 0 aromatic heterocycles. The second-order valence-corrected chi connectivity index (χ2v) is 5.11. The Hall–Kier alpha value is -1.89. The molecule has 2 rings (SSSR count). The van der Waals surface area contributed by atoms with Gasteiger partial charge in [0.05, 0.1) is 16.7 Å². The van der Waals surface area contributed by atoms with Crippen LogP contribution in [-0.2, 0) is 14.4 Å². The molecule has 5 nitrogen and oxygen atoms in total. The van der Waals surface area contributed by atoms with Crippen LogP contribution in [0.5, 0.6) is 0 Å². The Kier molecular flexibility index (Phi) is 3.84. The number of para-hydroxylation sites is 1. The van der Waals surface area contributed by atoms with Gasteiger partial charge in [0.2, 0.25) is 11.8 Å². The van der Waals surface area contributed by atoms with Crippen molar-refractivity contribution in [2.24, 2.45) is 0 Å². The number of hydrogen-bond acceptors (Lipinski definition) is 4. The number of benzene rings is 1. The summed E-state index contributed by atoms with van der Waals surface area (Å²) in [6, 6.07) is 5.49. The number of carboxylic acids is 1. The molecule has 1 aromatic rings. The molecule has 1 aliphatic rings. The summed E-state index contributed by atoms with van der Waals surface area (Å²) >= 11 is 0.874. The van der Waals surface area contributed by atoms with Crippen molar-refractivity contribution in [1.82, 2.24) is 0 Å². The van der Waals surface area contributed by atoms with Crippen molar-refractivity contribution < 1.29 is 23.9 Å². The van der Waals surface area contributed by atoms with Gasteiger partial charge in [-0.3, -0.25) is 14.4 Å². The zero-order valence-corrected chi connectivity index (χ0v) is 10.5. The molecule has 1 fully saturated rings. The average molecular weight is 283 g/mol. The van der Waals surface area contributed by atoms with Crippen molar-refractivity contribution in [3.05, 3.63) is 30.1 Å². The minimum absolute atomic E-state index is 0.0871. The van der Waals surface area contributed by atoms with Crippen LogP contribution in [-0.4, -0.2) is 33.9 Å². The van der Waals surface area contributed by atoms with Crippen molar-refractivity contribution in [1.29, 1.82) is 0 Å². The third-order valence-corrected chi connectivity index (χ3v) is 3.79. The van der Waals surface area contributed by atoms with E-state index in [1.165, 1.54) is 18.2 Å². The zero-order chi connectivity index (χ0) is 14.0. The Bertz CT molecular complexity index is 548. The van der Waals surface area contributed by atoms with Gasteiger partial charge < -0.3 is 5.11 Å². The first-order valence-corrected chi connectivity index (χ1v) is 6.50. The number of amides is 2. The second kappa shape index (κ2) is 5.40. The van der Waals surface area contributed by atoms with Gasteiger partial charge in [0, 0.05) is 6.42 Å². The molecule has 19 heavy (non-hydrogen) atoms. The lowest BCUT2D eigenvalue weighted by Crippen LogP contribution is -2.32. The van der Waals surface area contributed by atoms with E-state index >= 15 is 0 Å². The van der Waals surface area contributed by atoms with Crippen molar-refractivity contribution in [2.75, 3.05) is 10.7 Å². The first-order chi connectivity index (χ1) is 9.00. The van der Waals surface area contributed by atoms with E-state index in [0.29, 0.717) is 0 Å². The average Bonchev–Trinajstić information content (AvgIpc) is 2.63. The minimum Gasteiger partial charge on any atom is -0.481 e. The smallest absolute Gasteiger partial charge is 0.313 e. The van der Waals surface area contributed by atoms with E-state index in [2.05, 4.69) is 0 Å². The Morgan fingerprint density at radius 2 is 2.11 bits per heavy atom. The fourth-order valence-corrected chi connectivity index (χ4v) is 2.64. The van der Waals surface area contributed by atoms with E-state index in [0.717, 1.165) is 22.7 Å². The molecular formula is C12H10FNO4S. The summed E-state index contributed by atoms with van der Waals surface area (Å²) in [5.74, 6) is -3.07. The summed E-state index contributed by atoms with van der Waals surface area (Å²) in [4.78, 5) is 35.0. The molecule has 100 valence electrons. The molecule has 1 aliphatic heterocycles. The zero-order valence-electron chi connectivity index (χ0n) is 9.71. The van der Waals surface area contributed by atoms with Crippen LogP contribution in [0.2, 0.25) is 0 Å². The summed E-state index contributed by atoms with van der Waals surface area (Å²) in [7, 11) is 0. The second-order valence-electron chi connectivity index (χ2n) is 3.92. The number of imide groups is 1. The van der Waals surface area contributed by atoms with Gasteiger partial charge in [-0.05, 0) is 12.1 Å². The maximum atomic E-state index is 13.6. The maximum Gasteiger partial charge on any atom is 0.313 e. The van der Waals surface area contributed by atoms with Gasteiger partial charge in [-0.2, -0.15) is 0 Å². The quantitative estimate of drug-likeness (QED) is 0.842. The van der Waals surface area contributed by atoms with Crippen LogP contribution >= 0.6 is 11.8 Å². The molecule has 0 saturated carbocycles. The van der Waals surface area contributed by atoms with E-state index in [4.69, 9.17) is 5.11 Å². The summed E-state index contributed by atoms with van der Waals surface area (Å²) in [6.07, 6.45) is -0.106. The lowest BCUT2D eigenvalue weighted by atomic mass is 10.3. The molecule has 2 amide bonds. The van der Waals surface area contributed by atoms with Crippen molar-refractivity contribution in [3.63, 3.8) is 0 Å². The van der Waals surface area contributed by atoms with Crippen LogP contribution in [0.15, 0.2) is 24.3 Å². The molecule has 0 aliphatic carbocycles. The predicted octanol–water partition coefficient (Wildman–Crippen LogP) is 1.28. The fourth-order valence-electron chi connectivity index (χ4n) is 1.79. The molecule has 1 aromatic carbocycles. The van der Waals surface area contributed by atoms with Gasteiger partial charge in [0.15, 0.2) is 0 Å². The SMILES string of the molecule is O=C(O)CS[C@@H]1CC(=O)N(c2ccccc2F)C1=O. The highest BCUT2D eigenvalue weighted by Crippen LogP contribution is 2.30. The molecule has 1 saturated heterocycles. The number of carboxylic acid groups (broad SMARTS) is 1. The molecular weight excluding hydrogens is 273 g/mol. The van der Waals surface area contributed by atoms with Crippen molar-refractivity contribution in [2.45, 2.75) is 11.7 Å². The van der Waals surface area contributed by atoms with Crippen LogP contribution < -0.4 is 4.90 Å². The number of carbonyl (C=O) groups excluding carboxylic acids is 2. The molecule has 0 radical (unpaired) electrons. The van der Waals surface area contributed by atoms with Crippen LogP contribution in [0.25, 0.3) is 0 Å². The van der Waals surface area contributed by atoms with E-state index in [1.807, 2.05) is 0 Å². The summed E-state index contributed by atoms with van der Waals surface area (Å²) in [5.41, 5.74) is -0.0871. The van der Waals surface area contributed by atoms with Crippen LogP contribution in [0, 0.1) is 5.82 Å². The normalized spacial score (nSPS) is 19.0. The Balaban J connectivity index is 2.19. The molecule has 7 heteroatoms. The lowest BCUT2D eigenvalue weighted by molar-refractivity contribution is -0.134. The van der Waals surface area contributed by atoms with Gasteiger partial charge in [0.1, 0.15) is 5.82 Å². The maximum absolute atomic E-state index is 13.6. The molecule has 0 spiro atoms. The van der Waals surface area contributed by atoms with E-state index in [9.17, 15) is 18.8 Å². The number of thioether (sulfide) groups is 1. The van der Waals surface area contributed by atoms with Gasteiger partial charge in [-0.1, -0.05) is 12.1 Å². The fraction of sp³-hybridized carbons (Fsp3) is 0.250. The number of carbonyl (C=O) groups is 3. The molecule has 1 N–H and O–H groups in total. The van der Waals surface area contributed by atoms with Crippen LogP contribution in [0.3, 0.4) is 0 Å². The van der Waals surface area contributed by atoms with Crippen LogP contribution in [0.4, 0.5) is 10.1 Å². The highest BCUT2D eigenvalue weighted by Gasteiger charge is 2.40. The molecule has 1 heterocycles. The third-order valence-electron chi connectivity index (χ3n) is 2.61.